The summed E-state index contributed by atoms with van der Waals surface area (Å²) in [5.41, 5.74) is 1.23. The standard InChI is InChI=1S/C21H21ClFN5OS/c1-13-27-18(19(30-13)14-5-7-16(23)8-6-14)20(29)28-9-3-2-4-17(28)12-26-21-24-10-15(22)11-25-21/h5-8,10-11,17H,2-4,9,12H2,1H3,(H,24,25,26)/t17-/m0/s1. The topological polar surface area (TPSA) is 71.0 Å². The average Bonchev–Trinajstić information content (AvgIpc) is 3.15. The molecule has 1 fully saturated rings. The van der Waals surface area contributed by atoms with Gasteiger partial charge in [0.15, 0.2) is 0 Å². The second-order valence-electron chi connectivity index (χ2n) is 7.17. The molecule has 0 spiro atoms. The molecule has 4 rings (SSSR count). The number of nitrogens with zero attached hydrogens (tertiary/aromatic N) is 4. The highest BCUT2D eigenvalue weighted by Crippen LogP contribution is 2.32. The number of aromatic nitrogens is 3. The van der Waals surface area contributed by atoms with Crippen molar-refractivity contribution in [3.63, 3.8) is 0 Å². The smallest absolute Gasteiger partial charge is 0.274 e. The minimum Gasteiger partial charge on any atom is -0.352 e. The lowest BCUT2D eigenvalue weighted by Crippen LogP contribution is -2.47. The van der Waals surface area contributed by atoms with Crippen LogP contribution >= 0.6 is 22.9 Å². The minimum atomic E-state index is -0.306. The van der Waals surface area contributed by atoms with Crippen molar-refractivity contribution in [1.82, 2.24) is 19.9 Å². The first-order chi connectivity index (χ1) is 14.5. The number of thiazole rings is 1. The van der Waals surface area contributed by atoms with Crippen LogP contribution in [0.15, 0.2) is 36.7 Å². The number of carbonyl (C=O) groups is 1. The molecule has 1 N–H and O–H groups in total. The van der Waals surface area contributed by atoms with Gasteiger partial charge in [0.2, 0.25) is 5.95 Å². The van der Waals surface area contributed by atoms with E-state index in [0.29, 0.717) is 29.8 Å². The molecule has 156 valence electrons. The Balaban J connectivity index is 1.55. The van der Waals surface area contributed by atoms with E-state index in [-0.39, 0.29) is 17.8 Å². The van der Waals surface area contributed by atoms with E-state index in [0.717, 1.165) is 34.7 Å². The first-order valence-corrected chi connectivity index (χ1v) is 11.0. The van der Waals surface area contributed by atoms with Crippen molar-refractivity contribution in [2.24, 2.45) is 0 Å². The van der Waals surface area contributed by atoms with Gasteiger partial charge in [-0.25, -0.2) is 19.3 Å². The summed E-state index contributed by atoms with van der Waals surface area (Å²) in [4.78, 5) is 28.9. The molecule has 0 saturated carbocycles. The van der Waals surface area contributed by atoms with Crippen molar-refractivity contribution >= 4 is 34.8 Å². The summed E-state index contributed by atoms with van der Waals surface area (Å²) in [7, 11) is 0. The Labute approximate surface area is 183 Å². The predicted octanol–water partition coefficient (Wildman–Crippen LogP) is 4.81. The number of rotatable bonds is 5. The SMILES string of the molecule is Cc1nc(C(=O)N2CCCC[C@H]2CNc2ncc(Cl)cn2)c(-c2ccc(F)cc2)s1. The largest absolute Gasteiger partial charge is 0.352 e. The Morgan fingerprint density at radius 1 is 1.27 bits per heavy atom. The van der Waals surface area contributed by atoms with Crippen molar-refractivity contribution < 1.29 is 9.18 Å². The summed E-state index contributed by atoms with van der Waals surface area (Å²) < 4.78 is 13.3. The van der Waals surface area contributed by atoms with Gasteiger partial charge < -0.3 is 10.2 Å². The maximum Gasteiger partial charge on any atom is 0.274 e. The van der Waals surface area contributed by atoms with Crippen LogP contribution in [-0.4, -0.2) is 44.9 Å². The van der Waals surface area contributed by atoms with Crippen molar-refractivity contribution in [2.45, 2.75) is 32.2 Å². The van der Waals surface area contributed by atoms with Crippen LogP contribution in [0.25, 0.3) is 10.4 Å². The molecule has 0 unspecified atom stereocenters. The maximum atomic E-state index is 13.5. The zero-order chi connectivity index (χ0) is 21.1. The third kappa shape index (κ3) is 4.60. The first kappa shape index (κ1) is 20.7. The van der Waals surface area contributed by atoms with Crippen LogP contribution in [0.1, 0.15) is 34.8 Å². The predicted molar refractivity (Wildman–Crippen MR) is 116 cm³/mol. The Hall–Kier alpha value is -2.58. The molecule has 30 heavy (non-hydrogen) atoms. The lowest BCUT2D eigenvalue weighted by Gasteiger charge is -2.35. The second-order valence-corrected chi connectivity index (χ2v) is 8.81. The summed E-state index contributed by atoms with van der Waals surface area (Å²) in [5.74, 6) is 0.0792. The van der Waals surface area contributed by atoms with Crippen LogP contribution < -0.4 is 5.32 Å². The number of nitrogens with one attached hydrogen (secondary N) is 1. The van der Waals surface area contributed by atoms with Crippen LogP contribution in [0, 0.1) is 12.7 Å². The molecule has 1 aliphatic heterocycles. The number of hydrogen-bond acceptors (Lipinski definition) is 6. The van der Waals surface area contributed by atoms with E-state index in [2.05, 4.69) is 20.3 Å². The van der Waals surface area contributed by atoms with E-state index < -0.39 is 0 Å². The van der Waals surface area contributed by atoms with Crippen molar-refractivity contribution in [2.75, 3.05) is 18.4 Å². The fourth-order valence-electron chi connectivity index (χ4n) is 3.60. The molecule has 1 saturated heterocycles. The number of amides is 1. The van der Waals surface area contributed by atoms with Gasteiger partial charge in [-0.15, -0.1) is 11.3 Å². The van der Waals surface area contributed by atoms with Crippen LogP contribution in [0.4, 0.5) is 10.3 Å². The molecule has 3 heterocycles. The van der Waals surface area contributed by atoms with E-state index in [1.165, 1.54) is 35.9 Å². The van der Waals surface area contributed by atoms with Gasteiger partial charge in [0.05, 0.1) is 27.3 Å². The molecule has 1 atom stereocenters. The summed E-state index contributed by atoms with van der Waals surface area (Å²) >= 11 is 7.29. The molecular weight excluding hydrogens is 425 g/mol. The van der Waals surface area contributed by atoms with Crippen LogP contribution in [-0.2, 0) is 0 Å². The fourth-order valence-corrected chi connectivity index (χ4v) is 4.61. The van der Waals surface area contributed by atoms with Crippen molar-refractivity contribution in [3.8, 4) is 10.4 Å². The summed E-state index contributed by atoms with van der Waals surface area (Å²) in [6.07, 6.45) is 5.97. The third-order valence-corrected chi connectivity index (χ3v) is 6.26. The van der Waals surface area contributed by atoms with Crippen LogP contribution in [0.5, 0.6) is 0 Å². The summed E-state index contributed by atoms with van der Waals surface area (Å²) in [6.45, 7) is 3.09. The number of carbonyl (C=O) groups excluding carboxylic acids is 1. The molecule has 3 aromatic rings. The monoisotopic (exact) mass is 445 g/mol. The molecule has 1 aliphatic rings. The zero-order valence-electron chi connectivity index (χ0n) is 16.4. The van der Waals surface area contributed by atoms with Gasteiger partial charge in [-0.1, -0.05) is 23.7 Å². The number of hydrogen-bond donors (Lipinski definition) is 1. The molecule has 1 amide bonds. The molecule has 1 aromatic carbocycles. The fraction of sp³-hybridized carbons (Fsp3) is 0.333. The second kappa shape index (κ2) is 9.06. The number of piperidine rings is 1. The Morgan fingerprint density at radius 2 is 2.00 bits per heavy atom. The first-order valence-electron chi connectivity index (χ1n) is 9.77. The Bertz CT molecular complexity index is 1020. The number of aryl methyl sites for hydroxylation is 1. The molecular formula is C21H21ClFN5OS. The minimum absolute atomic E-state index is 0.00796. The highest BCUT2D eigenvalue weighted by molar-refractivity contribution is 7.15. The van der Waals surface area contributed by atoms with Gasteiger partial charge in [0.1, 0.15) is 11.5 Å². The van der Waals surface area contributed by atoms with Gasteiger partial charge in [-0.05, 0) is 43.9 Å². The summed E-state index contributed by atoms with van der Waals surface area (Å²) in [5, 5.41) is 4.48. The van der Waals surface area contributed by atoms with Gasteiger partial charge in [0, 0.05) is 19.1 Å². The van der Waals surface area contributed by atoms with Crippen LogP contribution in [0.3, 0.4) is 0 Å². The van der Waals surface area contributed by atoms with E-state index in [1.54, 1.807) is 12.1 Å². The number of halogens is 2. The molecule has 0 bridgehead atoms. The zero-order valence-corrected chi connectivity index (χ0v) is 18.0. The summed E-state index contributed by atoms with van der Waals surface area (Å²) in [6, 6.07) is 6.18. The van der Waals surface area contributed by atoms with Gasteiger partial charge in [0.25, 0.3) is 5.91 Å². The lowest BCUT2D eigenvalue weighted by atomic mass is 10.0. The molecule has 6 nitrogen and oxygen atoms in total. The molecule has 0 aliphatic carbocycles. The van der Waals surface area contributed by atoms with E-state index in [9.17, 15) is 9.18 Å². The van der Waals surface area contributed by atoms with Crippen molar-refractivity contribution in [3.05, 3.63) is 58.2 Å². The number of anilines is 1. The van der Waals surface area contributed by atoms with Crippen molar-refractivity contribution in [1.29, 1.82) is 0 Å². The third-order valence-electron chi connectivity index (χ3n) is 5.05. The van der Waals surface area contributed by atoms with Crippen LogP contribution in [0.2, 0.25) is 5.02 Å². The average molecular weight is 446 g/mol. The van der Waals surface area contributed by atoms with E-state index in [4.69, 9.17) is 11.6 Å². The van der Waals surface area contributed by atoms with E-state index in [1.807, 2.05) is 11.8 Å². The molecule has 9 heteroatoms. The van der Waals surface area contributed by atoms with Gasteiger partial charge >= 0.3 is 0 Å². The number of benzene rings is 1. The quantitative estimate of drug-likeness (QED) is 0.610. The highest BCUT2D eigenvalue weighted by Gasteiger charge is 2.31. The Kier molecular flexibility index (Phi) is 6.24. The maximum absolute atomic E-state index is 13.5. The number of likely N-dealkylation sites (tertiary alicyclic amines) is 1. The van der Waals surface area contributed by atoms with E-state index >= 15 is 0 Å². The van der Waals surface area contributed by atoms with Gasteiger partial charge in [-0.3, -0.25) is 4.79 Å². The lowest BCUT2D eigenvalue weighted by molar-refractivity contribution is 0.0623. The van der Waals surface area contributed by atoms with Gasteiger partial charge in [-0.2, -0.15) is 0 Å². The Morgan fingerprint density at radius 3 is 2.73 bits per heavy atom. The highest BCUT2D eigenvalue weighted by atomic mass is 35.5. The molecule has 2 aromatic heterocycles. The molecule has 0 radical (unpaired) electrons. The normalized spacial score (nSPS) is 16.5.